The van der Waals surface area contributed by atoms with Crippen LogP contribution in [0.5, 0.6) is 0 Å². The van der Waals surface area contributed by atoms with E-state index in [2.05, 4.69) is 28.7 Å². The number of nitrogens with two attached hydrogens (primary N) is 1. The number of hydrogen-bond acceptors (Lipinski definition) is 5. The number of aromatic nitrogens is 2. The molecule has 0 bridgehead atoms. The Morgan fingerprint density at radius 2 is 1.95 bits per heavy atom. The van der Waals surface area contributed by atoms with Crippen molar-refractivity contribution in [3.8, 4) is 0 Å². The molecule has 0 atom stereocenters. The number of sulfonamides is 1. The van der Waals surface area contributed by atoms with Crippen LogP contribution in [0.1, 0.15) is 26.6 Å². The number of nitrogens with one attached hydrogen (secondary N) is 1. The summed E-state index contributed by atoms with van der Waals surface area (Å²) in [6.07, 6.45) is 2.10. The van der Waals surface area contributed by atoms with Crippen molar-refractivity contribution in [1.29, 1.82) is 0 Å². The van der Waals surface area contributed by atoms with Crippen LogP contribution in [0.2, 0.25) is 0 Å². The van der Waals surface area contributed by atoms with E-state index in [4.69, 9.17) is 5.73 Å². The van der Waals surface area contributed by atoms with Gasteiger partial charge >= 0.3 is 0 Å². The zero-order valence-corrected chi connectivity index (χ0v) is 13.8. The molecule has 1 aliphatic heterocycles. The fourth-order valence-electron chi connectivity index (χ4n) is 2.46. The van der Waals surface area contributed by atoms with Crippen molar-refractivity contribution in [3.05, 3.63) is 12.0 Å². The van der Waals surface area contributed by atoms with Gasteiger partial charge in [0.2, 0.25) is 0 Å². The quantitative estimate of drug-likeness (QED) is 0.798. The fourth-order valence-corrected chi connectivity index (χ4v) is 3.81. The van der Waals surface area contributed by atoms with E-state index in [9.17, 15) is 8.42 Å². The van der Waals surface area contributed by atoms with Gasteiger partial charge in [-0.05, 0) is 13.8 Å². The number of aromatic amines is 1. The Morgan fingerprint density at radius 3 is 2.43 bits per heavy atom. The molecule has 3 N–H and O–H groups in total. The summed E-state index contributed by atoms with van der Waals surface area (Å²) in [6.45, 7) is 9.00. The van der Waals surface area contributed by atoms with Crippen LogP contribution in [-0.4, -0.2) is 65.9 Å². The maximum absolute atomic E-state index is 12.6. The normalized spacial score (nSPS) is 19.0. The number of rotatable bonds is 5. The van der Waals surface area contributed by atoms with Gasteiger partial charge in [-0.1, -0.05) is 6.92 Å². The van der Waals surface area contributed by atoms with Gasteiger partial charge in [0.25, 0.3) is 10.0 Å². The minimum Gasteiger partial charge on any atom is -0.332 e. The van der Waals surface area contributed by atoms with Gasteiger partial charge in [0.1, 0.15) is 5.82 Å². The van der Waals surface area contributed by atoms with Gasteiger partial charge in [0.05, 0.1) is 6.20 Å². The molecule has 0 saturated carbocycles. The number of H-pyrrole nitrogens is 1. The zero-order valence-electron chi connectivity index (χ0n) is 13.0. The highest BCUT2D eigenvalue weighted by Gasteiger charge is 2.34. The van der Waals surface area contributed by atoms with Gasteiger partial charge in [-0.3, -0.25) is 4.90 Å². The Kier molecular flexibility index (Phi) is 4.72. The highest BCUT2D eigenvalue weighted by atomic mass is 32.2. The number of piperazine rings is 1. The lowest BCUT2D eigenvalue weighted by Gasteiger charge is -2.42. The number of hydrogen-bond donors (Lipinski definition) is 2. The van der Waals surface area contributed by atoms with E-state index in [1.165, 1.54) is 10.5 Å². The molecular formula is C13H25N5O2S. The highest BCUT2D eigenvalue weighted by molar-refractivity contribution is 7.89. The third kappa shape index (κ3) is 3.28. The lowest BCUT2D eigenvalue weighted by atomic mass is 10.0. The average molecular weight is 315 g/mol. The largest absolute Gasteiger partial charge is 0.332 e. The molecule has 0 aromatic carbocycles. The Balaban J connectivity index is 2.07. The van der Waals surface area contributed by atoms with Crippen molar-refractivity contribution >= 4 is 10.0 Å². The third-order valence-corrected chi connectivity index (χ3v) is 5.96. The molecule has 2 rings (SSSR count). The fraction of sp³-hybridized carbons (Fsp3) is 0.769. The summed E-state index contributed by atoms with van der Waals surface area (Å²) in [6, 6.07) is 0. The third-order valence-electron chi connectivity index (χ3n) is 4.15. The van der Waals surface area contributed by atoms with Crippen LogP contribution in [-0.2, 0) is 16.4 Å². The Bertz CT molecular complexity index is 573. The maximum Gasteiger partial charge on any atom is 0.260 e. The van der Waals surface area contributed by atoms with E-state index in [1.54, 1.807) is 0 Å². The van der Waals surface area contributed by atoms with Crippen LogP contribution in [0.25, 0.3) is 0 Å². The second-order valence-corrected chi connectivity index (χ2v) is 7.86. The molecule has 0 aliphatic carbocycles. The van der Waals surface area contributed by atoms with Gasteiger partial charge in [-0.25, -0.2) is 13.4 Å². The molecular weight excluding hydrogens is 290 g/mol. The van der Waals surface area contributed by atoms with Crippen LogP contribution < -0.4 is 5.73 Å². The molecule has 1 aromatic rings. The van der Waals surface area contributed by atoms with E-state index >= 15 is 0 Å². The average Bonchev–Trinajstić information content (AvgIpc) is 2.97. The summed E-state index contributed by atoms with van der Waals surface area (Å²) in [7, 11) is -3.47. The molecule has 120 valence electrons. The summed E-state index contributed by atoms with van der Waals surface area (Å²) < 4.78 is 26.6. The Hall–Kier alpha value is -0.960. The lowest BCUT2D eigenvalue weighted by molar-refractivity contribution is 0.0849. The molecule has 0 radical (unpaired) electrons. The predicted molar refractivity (Wildman–Crippen MR) is 81.4 cm³/mol. The van der Waals surface area contributed by atoms with Crippen molar-refractivity contribution in [2.24, 2.45) is 5.73 Å². The van der Waals surface area contributed by atoms with Gasteiger partial charge in [-0.2, -0.15) is 4.31 Å². The van der Waals surface area contributed by atoms with Crippen molar-refractivity contribution in [2.45, 2.75) is 37.8 Å². The molecule has 1 aromatic heterocycles. The molecule has 1 saturated heterocycles. The summed E-state index contributed by atoms with van der Waals surface area (Å²) >= 11 is 0. The lowest BCUT2D eigenvalue weighted by Crippen LogP contribution is -2.58. The van der Waals surface area contributed by atoms with Gasteiger partial charge in [-0.15, -0.1) is 0 Å². The predicted octanol–water partition coefficient (Wildman–Crippen LogP) is 0.0157. The molecule has 1 aliphatic rings. The van der Waals surface area contributed by atoms with E-state index in [-0.39, 0.29) is 10.6 Å². The standard InChI is InChI=1S/C13H25N5O2S/c1-4-11-15-9-12(16-11)21(19,20)18-7-5-17(6-8-18)13(2,3)10-14/h9H,4-8,10,14H2,1-3H3,(H,15,16). The second-order valence-electron chi connectivity index (χ2n) is 5.96. The SMILES string of the molecule is CCc1ncc(S(=O)(=O)N2CCN(C(C)(C)CN)CC2)[nH]1. The second kappa shape index (κ2) is 6.04. The molecule has 2 heterocycles. The number of aryl methyl sites for hydroxylation is 1. The van der Waals surface area contributed by atoms with Crippen LogP contribution in [0.3, 0.4) is 0 Å². The van der Waals surface area contributed by atoms with Crippen LogP contribution >= 0.6 is 0 Å². The molecule has 8 heteroatoms. The monoisotopic (exact) mass is 315 g/mol. The molecule has 1 fully saturated rings. The summed E-state index contributed by atoms with van der Waals surface area (Å²) in [5.74, 6) is 0.691. The molecule has 0 unspecified atom stereocenters. The topological polar surface area (TPSA) is 95.3 Å². The van der Waals surface area contributed by atoms with Crippen LogP contribution in [0.15, 0.2) is 11.2 Å². The summed E-state index contributed by atoms with van der Waals surface area (Å²) in [4.78, 5) is 9.19. The van der Waals surface area contributed by atoms with Crippen LogP contribution in [0, 0.1) is 0 Å². The van der Waals surface area contributed by atoms with Gasteiger partial charge < -0.3 is 10.7 Å². The minimum absolute atomic E-state index is 0.0980. The van der Waals surface area contributed by atoms with Crippen molar-refractivity contribution in [2.75, 3.05) is 32.7 Å². The van der Waals surface area contributed by atoms with E-state index < -0.39 is 10.0 Å². The highest BCUT2D eigenvalue weighted by Crippen LogP contribution is 2.20. The first-order valence-electron chi connectivity index (χ1n) is 7.30. The van der Waals surface area contributed by atoms with E-state index in [0.29, 0.717) is 45.0 Å². The van der Waals surface area contributed by atoms with Crippen LogP contribution in [0.4, 0.5) is 0 Å². The first kappa shape index (κ1) is 16.4. The minimum atomic E-state index is -3.47. The van der Waals surface area contributed by atoms with Crippen molar-refractivity contribution in [3.63, 3.8) is 0 Å². The van der Waals surface area contributed by atoms with Gasteiger partial charge in [0, 0.05) is 44.7 Å². The van der Waals surface area contributed by atoms with Crippen molar-refractivity contribution < 1.29 is 8.42 Å². The summed E-state index contributed by atoms with van der Waals surface area (Å²) in [5.41, 5.74) is 5.68. The smallest absolute Gasteiger partial charge is 0.260 e. The molecule has 0 amide bonds. The van der Waals surface area contributed by atoms with Gasteiger partial charge in [0.15, 0.2) is 5.03 Å². The Labute approximate surface area is 126 Å². The summed E-state index contributed by atoms with van der Waals surface area (Å²) in [5, 5.41) is 0.186. The molecule has 21 heavy (non-hydrogen) atoms. The van der Waals surface area contributed by atoms with Crippen molar-refractivity contribution in [1.82, 2.24) is 19.2 Å². The Morgan fingerprint density at radius 1 is 1.33 bits per heavy atom. The zero-order chi connectivity index (χ0) is 15.7. The number of imidazole rings is 1. The molecule has 7 nitrogen and oxygen atoms in total. The van der Waals surface area contributed by atoms with E-state index in [1.807, 2.05) is 6.92 Å². The maximum atomic E-state index is 12.6. The number of nitrogens with zero attached hydrogens (tertiary/aromatic N) is 3. The van der Waals surface area contributed by atoms with E-state index in [0.717, 1.165) is 0 Å². The first-order chi connectivity index (χ1) is 9.81. The first-order valence-corrected chi connectivity index (χ1v) is 8.74. The molecule has 0 spiro atoms.